The number of hydrogen-bond acceptors (Lipinski definition) is 6. The zero-order valence-corrected chi connectivity index (χ0v) is 11.0. The van der Waals surface area contributed by atoms with Gasteiger partial charge in [0, 0.05) is 0 Å². The number of nitrogens with zero attached hydrogens (tertiary/aromatic N) is 1. The third-order valence-corrected chi connectivity index (χ3v) is 2.48. The molecule has 0 bridgehead atoms. The van der Waals surface area contributed by atoms with Crippen molar-refractivity contribution >= 4 is 29.2 Å². The average Bonchev–Trinajstić information content (AvgIpc) is 2.35. The van der Waals surface area contributed by atoms with E-state index in [1.54, 1.807) is 0 Å². The summed E-state index contributed by atoms with van der Waals surface area (Å²) in [5.41, 5.74) is 16.9. The van der Waals surface area contributed by atoms with Gasteiger partial charge in [-0.3, -0.25) is 9.59 Å². The largest absolute Gasteiger partial charge is 0.465 e. The van der Waals surface area contributed by atoms with Gasteiger partial charge >= 0.3 is 5.97 Å². The lowest BCUT2D eigenvalue weighted by Gasteiger charge is -2.23. The molecule has 2 amide bonds. The normalized spacial score (nSPS) is 9.85. The molecule has 1 aromatic carbocycles. The molecular weight excluding hydrogens is 264 g/mol. The van der Waals surface area contributed by atoms with Crippen LogP contribution in [0.3, 0.4) is 0 Å². The summed E-state index contributed by atoms with van der Waals surface area (Å²) in [6, 6.07) is 4.34. The highest BCUT2D eigenvalue weighted by molar-refractivity contribution is 5.93. The van der Waals surface area contributed by atoms with Crippen LogP contribution >= 0.6 is 0 Å². The van der Waals surface area contributed by atoms with E-state index in [1.165, 1.54) is 30.2 Å². The first kappa shape index (κ1) is 15.3. The lowest BCUT2D eigenvalue weighted by atomic mass is 10.1. The Morgan fingerprint density at radius 3 is 2.10 bits per heavy atom. The Kier molecular flexibility index (Phi) is 4.90. The number of nitrogen functional groups attached to an aromatic ring is 1. The Labute approximate surface area is 115 Å². The first-order valence-electron chi connectivity index (χ1n) is 5.64. The number of amides is 2. The number of benzene rings is 1. The molecule has 0 heterocycles. The molecule has 0 aliphatic carbocycles. The van der Waals surface area contributed by atoms with E-state index in [2.05, 4.69) is 4.74 Å². The second-order valence-corrected chi connectivity index (χ2v) is 4.05. The summed E-state index contributed by atoms with van der Waals surface area (Å²) in [6.07, 6.45) is 0. The zero-order chi connectivity index (χ0) is 15.3. The van der Waals surface area contributed by atoms with E-state index in [4.69, 9.17) is 17.2 Å². The minimum atomic E-state index is -0.636. The number of nitrogens with two attached hydrogens (primary N) is 3. The molecule has 0 spiro atoms. The topological polar surface area (TPSA) is 142 Å². The number of primary amides is 2. The number of hydrogen-bond donors (Lipinski definition) is 3. The fraction of sp³-hybridized carbons (Fsp3) is 0.250. The monoisotopic (exact) mass is 280 g/mol. The Balaban J connectivity index is 3.10. The SMILES string of the molecule is COC(=O)c1ccc(N(CC(N)=O)CC(N)=O)c(N)c1. The smallest absolute Gasteiger partial charge is 0.337 e. The van der Waals surface area contributed by atoms with E-state index in [1.807, 2.05) is 0 Å². The molecule has 8 nitrogen and oxygen atoms in total. The second kappa shape index (κ2) is 6.41. The number of ether oxygens (including phenoxy) is 1. The molecular formula is C12H16N4O4. The molecule has 0 atom stereocenters. The Morgan fingerprint density at radius 1 is 1.15 bits per heavy atom. The average molecular weight is 280 g/mol. The number of anilines is 2. The molecule has 1 rings (SSSR count). The van der Waals surface area contributed by atoms with Crippen molar-refractivity contribution in [1.29, 1.82) is 0 Å². The quantitative estimate of drug-likeness (QED) is 0.443. The molecule has 8 heteroatoms. The minimum absolute atomic E-state index is 0.204. The Morgan fingerprint density at radius 2 is 1.70 bits per heavy atom. The van der Waals surface area contributed by atoms with Gasteiger partial charge in [0.25, 0.3) is 0 Å². The number of methoxy groups -OCH3 is 1. The number of carbonyl (C=O) groups excluding carboxylic acids is 3. The summed E-state index contributed by atoms with van der Waals surface area (Å²) in [7, 11) is 1.25. The van der Waals surface area contributed by atoms with Gasteiger partial charge in [-0.05, 0) is 18.2 Å². The molecule has 6 N–H and O–H groups in total. The third-order valence-electron chi connectivity index (χ3n) is 2.48. The van der Waals surface area contributed by atoms with Crippen molar-refractivity contribution in [2.75, 3.05) is 30.8 Å². The van der Waals surface area contributed by atoms with Gasteiger partial charge in [0.2, 0.25) is 11.8 Å². The van der Waals surface area contributed by atoms with Crippen molar-refractivity contribution in [3.8, 4) is 0 Å². The predicted octanol–water partition coefficient (Wildman–Crippen LogP) is -1.17. The first-order valence-corrected chi connectivity index (χ1v) is 5.64. The van der Waals surface area contributed by atoms with Crippen LogP contribution in [0.4, 0.5) is 11.4 Å². The summed E-state index contributed by atoms with van der Waals surface area (Å²) in [4.78, 5) is 34.7. The summed E-state index contributed by atoms with van der Waals surface area (Å²) < 4.78 is 4.56. The van der Waals surface area contributed by atoms with E-state index in [0.717, 1.165) is 0 Å². The van der Waals surface area contributed by atoms with Crippen LogP contribution in [0, 0.1) is 0 Å². The van der Waals surface area contributed by atoms with E-state index >= 15 is 0 Å². The Bertz CT molecular complexity index is 528. The van der Waals surface area contributed by atoms with E-state index in [0.29, 0.717) is 5.69 Å². The van der Waals surface area contributed by atoms with Gasteiger partial charge in [-0.25, -0.2) is 4.79 Å². The molecule has 0 unspecified atom stereocenters. The van der Waals surface area contributed by atoms with Gasteiger partial charge in [0.15, 0.2) is 0 Å². The number of carbonyl (C=O) groups is 3. The fourth-order valence-corrected chi connectivity index (χ4v) is 1.69. The highest BCUT2D eigenvalue weighted by atomic mass is 16.5. The highest BCUT2D eigenvalue weighted by Gasteiger charge is 2.16. The van der Waals surface area contributed by atoms with Crippen LogP contribution in [0.5, 0.6) is 0 Å². The molecule has 0 aliphatic heterocycles. The van der Waals surface area contributed by atoms with Crippen molar-refractivity contribution in [2.24, 2.45) is 11.5 Å². The fourth-order valence-electron chi connectivity index (χ4n) is 1.69. The minimum Gasteiger partial charge on any atom is -0.465 e. The predicted molar refractivity (Wildman–Crippen MR) is 72.8 cm³/mol. The molecule has 0 saturated carbocycles. The molecule has 0 fully saturated rings. The third kappa shape index (κ3) is 3.87. The van der Waals surface area contributed by atoms with Gasteiger partial charge in [0.1, 0.15) is 0 Å². The van der Waals surface area contributed by atoms with E-state index < -0.39 is 17.8 Å². The summed E-state index contributed by atoms with van der Waals surface area (Å²) >= 11 is 0. The molecule has 0 saturated heterocycles. The van der Waals surface area contributed by atoms with Gasteiger partial charge in [0.05, 0.1) is 37.1 Å². The first-order chi connectivity index (χ1) is 9.35. The molecule has 20 heavy (non-hydrogen) atoms. The van der Waals surface area contributed by atoms with Crippen LogP contribution in [0.2, 0.25) is 0 Å². The maximum Gasteiger partial charge on any atom is 0.337 e. The van der Waals surface area contributed by atoms with Crippen molar-refractivity contribution in [1.82, 2.24) is 0 Å². The van der Waals surface area contributed by atoms with Gasteiger partial charge < -0.3 is 26.8 Å². The number of esters is 1. The van der Waals surface area contributed by atoms with Crippen LogP contribution in [-0.2, 0) is 14.3 Å². The molecule has 108 valence electrons. The molecule has 0 radical (unpaired) electrons. The van der Waals surface area contributed by atoms with Gasteiger partial charge in [-0.2, -0.15) is 0 Å². The van der Waals surface area contributed by atoms with Crippen molar-refractivity contribution in [3.63, 3.8) is 0 Å². The van der Waals surface area contributed by atoms with Crippen LogP contribution in [-0.4, -0.2) is 38.0 Å². The van der Waals surface area contributed by atoms with Crippen molar-refractivity contribution < 1.29 is 19.1 Å². The maximum atomic E-state index is 11.4. The second-order valence-electron chi connectivity index (χ2n) is 4.05. The maximum absolute atomic E-state index is 11.4. The lowest BCUT2D eigenvalue weighted by molar-refractivity contribution is -0.117. The van der Waals surface area contributed by atoms with Crippen LogP contribution in [0.15, 0.2) is 18.2 Å². The van der Waals surface area contributed by atoms with Crippen LogP contribution in [0.25, 0.3) is 0 Å². The highest BCUT2D eigenvalue weighted by Crippen LogP contribution is 2.24. The van der Waals surface area contributed by atoms with Crippen LogP contribution < -0.4 is 22.1 Å². The molecule has 0 aromatic heterocycles. The van der Waals surface area contributed by atoms with Crippen LogP contribution in [0.1, 0.15) is 10.4 Å². The molecule has 1 aromatic rings. The van der Waals surface area contributed by atoms with Gasteiger partial charge in [-0.1, -0.05) is 0 Å². The lowest BCUT2D eigenvalue weighted by Crippen LogP contribution is -2.40. The van der Waals surface area contributed by atoms with E-state index in [-0.39, 0.29) is 24.3 Å². The van der Waals surface area contributed by atoms with Crippen molar-refractivity contribution in [3.05, 3.63) is 23.8 Å². The summed E-state index contributed by atoms with van der Waals surface area (Å²) in [5.74, 6) is -1.81. The van der Waals surface area contributed by atoms with Gasteiger partial charge in [-0.15, -0.1) is 0 Å². The van der Waals surface area contributed by atoms with Crippen molar-refractivity contribution in [2.45, 2.75) is 0 Å². The Hall–Kier alpha value is -2.77. The van der Waals surface area contributed by atoms with E-state index in [9.17, 15) is 14.4 Å². The molecule has 0 aliphatic rings. The number of rotatable bonds is 6. The summed E-state index contributed by atoms with van der Waals surface area (Å²) in [6.45, 7) is -0.435. The summed E-state index contributed by atoms with van der Waals surface area (Å²) in [5, 5.41) is 0. The standard InChI is InChI=1S/C12H16N4O4/c1-20-12(19)7-2-3-9(8(13)4-7)16(5-10(14)17)6-11(15)18/h2-4H,5-6,13H2,1H3,(H2,14,17)(H2,15,18). The zero-order valence-electron chi connectivity index (χ0n) is 11.0.